The zero-order valence-electron chi connectivity index (χ0n) is 10.2. The molecule has 2 aromatic rings. The van der Waals surface area contributed by atoms with Crippen molar-refractivity contribution in [3.63, 3.8) is 0 Å². The van der Waals surface area contributed by atoms with Crippen LogP contribution in [0.5, 0.6) is 0 Å². The first-order chi connectivity index (χ1) is 8.56. The highest BCUT2D eigenvalue weighted by Gasteiger charge is 2.05. The second-order valence-corrected chi connectivity index (χ2v) is 5.12. The van der Waals surface area contributed by atoms with Crippen molar-refractivity contribution in [3.05, 3.63) is 53.2 Å². The molecule has 0 aliphatic heterocycles. The van der Waals surface area contributed by atoms with E-state index >= 15 is 0 Å². The van der Waals surface area contributed by atoms with Gasteiger partial charge in [0.15, 0.2) is 0 Å². The monoisotopic (exact) mass is 259 g/mol. The lowest BCUT2D eigenvalue weighted by Gasteiger charge is -2.06. The lowest BCUT2D eigenvalue weighted by Crippen LogP contribution is -1.96. The molecule has 92 valence electrons. The van der Waals surface area contributed by atoms with Gasteiger partial charge in [0.05, 0.1) is 5.56 Å². The van der Waals surface area contributed by atoms with Crippen molar-refractivity contribution < 1.29 is 9.90 Å². The van der Waals surface area contributed by atoms with Crippen molar-refractivity contribution in [2.45, 2.75) is 23.8 Å². The summed E-state index contributed by atoms with van der Waals surface area (Å²) in [5.74, 6) is -0.953. The summed E-state index contributed by atoms with van der Waals surface area (Å²) in [5, 5.41) is 9.60. The fourth-order valence-electron chi connectivity index (χ4n) is 1.50. The van der Waals surface area contributed by atoms with Gasteiger partial charge < -0.3 is 5.11 Å². The van der Waals surface area contributed by atoms with Crippen LogP contribution < -0.4 is 0 Å². The molecule has 0 unspecified atom stereocenters. The van der Waals surface area contributed by atoms with E-state index in [0.29, 0.717) is 0 Å². The van der Waals surface area contributed by atoms with Crippen molar-refractivity contribution >= 4 is 17.7 Å². The summed E-state index contributed by atoms with van der Waals surface area (Å²) in [7, 11) is 0. The Morgan fingerprint density at radius 1 is 1.22 bits per heavy atom. The van der Waals surface area contributed by atoms with Crippen LogP contribution in [0.1, 0.15) is 21.5 Å². The van der Waals surface area contributed by atoms with Crippen LogP contribution in [0.15, 0.2) is 46.5 Å². The highest BCUT2D eigenvalue weighted by molar-refractivity contribution is 7.99. The number of carboxylic acids is 1. The number of aromatic carboxylic acids is 1. The van der Waals surface area contributed by atoms with Crippen LogP contribution in [0.25, 0.3) is 0 Å². The number of hydrogen-bond donors (Lipinski definition) is 1. The average Bonchev–Trinajstić information content (AvgIpc) is 2.34. The van der Waals surface area contributed by atoms with E-state index in [9.17, 15) is 4.79 Å². The molecule has 1 aromatic carbocycles. The molecular weight excluding hydrogens is 246 g/mol. The zero-order valence-corrected chi connectivity index (χ0v) is 11.0. The van der Waals surface area contributed by atoms with Gasteiger partial charge in [-0.15, -0.1) is 0 Å². The lowest BCUT2D eigenvalue weighted by molar-refractivity contribution is 0.0696. The zero-order chi connectivity index (χ0) is 13.1. The van der Waals surface area contributed by atoms with Gasteiger partial charge in [-0.3, -0.25) is 0 Å². The number of carboxylic acid groups (broad SMARTS) is 1. The molecule has 0 saturated heterocycles. The minimum atomic E-state index is -0.953. The SMILES string of the molecule is Cc1ccc(C)c(Sc2ccc(C(=O)O)cn2)c1. The summed E-state index contributed by atoms with van der Waals surface area (Å²) in [6, 6.07) is 9.55. The topological polar surface area (TPSA) is 50.2 Å². The first-order valence-electron chi connectivity index (χ1n) is 5.51. The minimum Gasteiger partial charge on any atom is -0.478 e. The third-order valence-electron chi connectivity index (χ3n) is 2.54. The Bertz CT molecular complexity index is 579. The van der Waals surface area contributed by atoms with E-state index in [2.05, 4.69) is 23.2 Å². The molecule has 0 fully saturated rings. The van der Waals surface area contributed by atoms with E-state index in [1.165, 1.54) is 17.3 Å². The van der Waals surface area contributed by atoms with Gasteiger partial charge in [0.2, 0.25) is 0 Å². The Hall–Kier alpha value is -1.81. The molecule has 0 bridgehead atoms. The summed E-state index contributed by atoms with van der Waals surface area (Å²) >= 11 is 1.54. The number of aromatic nitrogens is 1. The number of aryl methyl sites for hydroxylation is 2. The molecule has 0 amide bonds. The second kappa shape index (κ2) is 5.23. The fraction of sp³-hybridized carbons (Fsp3) is 0.143. The third kappa shape index (κ3) is 2.90. The van der Waals surface area contributed by atoms with Gasteiger partial charge in [0.25, 0.3) is 0 Å². The molecule has 1 N–H and O–H groups in total. The van der Waals surface area contributed by atoms with E-state index in [-0.39, 0.29) is 5.56 Å². The lowest BCUT2D eigenvalue weighted by atomic mass is 10.2. The van der Waals surface area contributed by atoms with E-state index < -0.39 is 5.97 Å². The first-order valence-corrected chi connectivity index (χ1v) is 6.32. The third-order valence-corrected chi connectivity index (χ3v) is 3.65. The molecule has 1 heterocycles. The number of carbonyl (C=O) groups is 1. The molecule has 0 saturated carbocycles. The number of hydrogen-bond acceptors (Lipinski definition) is 3. The van der Waals surface area contributed by atoms with Gasteiger partial charge in [-0.05, 0) is 43.2 Å². The molecule has 1 aromatic heterocycles. The van der Waals surface area contributed by atoms with Crippen molar-refractivity contribution in [3.8, 4) is 0 Å². The molecule has 3 nitrogen and oxygen atoms in total. The van der Waals surface area contributed by atoms with Gasteiger partial charge in [-0.25, -0.2) is 9.78 Å². The smallest absolute Gasteiger partial charge is 0.337 e. The molecule has 0 spiro atoms. The molecule has 0 aliphatic rings. The van der Waals surface area contributed by atoms with E-state index in [1.807, 2.05) is 13.8 Å². The van der Waals surface area contributed by atoms with Crippen LogP contribution in [-0.2, 0) is 0 Å². The quantitative estimate of drug-likeness (QED) is 0.915. The Morgan fingerprint density at radius 2 is 2.00 bits per heavy atom. The highest BCUT2D eigenvalue weighted by atomic mass is 32.2. The van der Waals surface area contributed by atoms with Crippen molar-refractivity contribution in [1.82, 2.24) is 4.98 Å². The summed E-state index contributed by atoms with van der Waals surface area (Å²) in [6.07, 6.45) is 1.38. The van der Waals surface area contributed by atoms with Crippen LogP contribution in [0.2, 0.25) is 0 Å². The summed E-state index contributed by atoms with van der Waals surface area (Å²) < 4.78 is 0. The first kappa shape index (κ1) is 12.6. The predicted molar refractivity (Wildman–Crippen MR) is 71.2 cm³/mol. The second-order valence-electron chi connectivity index (χ2n) is 4.06. The molecular formula is C14H13NO2S. The van der Waals surface area contributed by atoms with Crippen LogP contribution in [0.4, 0.5) is 0 Å². The molecule has 4 heteroatoms. The predicted octanol–water partition coefficient (Wildman–Crippen LogP) is 3.55. The van der Waals surface area contributed by atoms with Crippen molar-refractivity contribution in [1.29, 1.82) is 0 Å². The molecule has 0 radical (unpaired) electrons. The number of pyridine rings is 1. The highest BCUT2D eigenvalue weighted by Crippen LogP contribution is 2.29. The summed E-state index contributed by atoms with van der Waals surface area (Å²) in [5.41, 5.74) is 2.60. The Kier molecular flexibility index (Phi) is 3.67. The largest absolute Gasteiger partial charge is 0.478 e. The van der Waals surface area contributed by atoms with Gasteiger partial charge >= 0.3 is 5.97 Å². The van der Waals surface area contributed by atoms with Gasteiger partial charge in [0, 0.05) is 11.1 Å². The van der Waals surface area contributed by atoms with E-state index in [1.54, 1.807) is 23.9 Å². The van der Waals surface area contributed by atoms with Crippen LogP contribution in [-0.4, -0.2) is 16.1 Å². The maximum atomic E-state index is 10.7. The Morgan fingerprint density at radius 3 is 2.61 bits per heavy atom. The van der Waals surface area contributed by atoms with Crippen LogP contribution in [0, 0.1) is 13.8 Å². The minimum absolute atomic E-state index is 0.209. The van der Waals surface area contributed by atoms with Crippen molar-refractivity contribution in [2.75, 3.05) is 0 Å². The molecule has 0 aliphatic carbocycles. The summed E-state index contributed by atoms with van der Waals surface area (Å²) in [6.45, 7) is 4.10. The number of nitrogens with zero attached hydrogens (tertiary/aromatic N) is 1. The van der Waals surface area contributed by atoms with Crippen LogP contribution >= 0.6 is 11.8 Å². The molecule has 18 heavy (non-hydrogen) atoms. The fourth-order valence-corrected chi connectivity index (χ4v) is 2.44. The summed E-state index contributed by atoms with van der Waals surface area (Å²) in [4.78, 5) is 16.0. The number of rotatable bonds is 3. The maximum Gasteiger partial charge on any atom is 0.337 e. The normalized spacial score (nSPS) is 10.3. The standard InChI is InChI=1S/C14H13NO2S/c1-9-3-4-10(2)12(7-9)18-13-6-5-11(8-15-13)14(16)17/h3-8H,1-2H3,(H,16,17). The van der Waals surface area contributed by atoms with Crippen molar-refractivity contribution in [2.24, 2.45) is 0 Å². The Balaban J connectivity index is 2.23. The van der Waals surface area contributed by atoms with Crippen LogP contribution in [0.3, 0.4) is 0 Å². The van der Waals surface area contributed by atoms with Gasteiger partial charge in [0.1, 0.15) is 5.03 Å². The van der Waals surface area contributed by atoms with E-state index in [0.717, 1.165) is 9.92 Å². The molecule has 2 rings (SSSR count). The average molecular weight is 259 g/mol. The maximum absolute atomic E-state index is 10.7. The van der Waals surface area contributed by atoms with Gasteiger partial charge in [-0.2, -0.15) is 0 Å². The van der Waals surface area contributed by atoms with Gasteiger partial charge in [-0.1, -0.05) is 23.9 Å². The molecule has 0 atom stereocenters. The Labute approximate surface area is 110 Å². The van der Waals surface area contributed by atoms with E-state index in [4.69, 9.17) is 5.11 Å². The number of benzene rings is 1.